The monoisotopic (exact) mass is 537 g/mol. The third-order valence-electron chi connectivity index (χ3n) is 5.96. The maximum atomic E-state index is 13.3. The van der Waals surface area contributed by atoms with Crippen LogP contribution in [0.4, 0.5) is 18.0 Å². The van der Waals surface area contributed by atoms with Gasteiger partial charge >= 0.3 is 12.5 Å². The van der Waals surface area contributed by atoms with Crippen molar-refractivity contribution in [1.29, 1.82) is 0 Å². The molecule has 2 heterocycles. The molecule has 1 fully saturated rings. The fourth-order valence-electron chi connectivity index (χ4n) is 4.02. The van der Waals surface area contributed by atoms with Crippen LogP contribution in [-0.4, -0.2) is 59.6 Å². The van der Waals surface area contributed by atoms with Crippen LogP contribution < -0.4 is 14.8 Å². The Balaban J connectivity index is 1.70. The fraction of sp³-hybridized carbons (Fsp3) is 0.519. The number of pyridine rings is 1. The van der Waals surface area contributed by atoms with Crippen molar-refractivity contribution >= 4 is 12.0 Å². The van der Waals surface area contributed by atoms with Crippen LogP contribution in [0.2, 0.25) is 0 Å². The number of nitrogens with one attached hydrogen (secondary N) is 1. The molecule has 208 valence electrons. The number of benzene rings is 1. The second-order valence-corrected chi connectivity index (χ2v) is 10.8. The van der Waals surface area contributed by atoms with Gasteiger partial charge in [0.2, 0.25) is 5.91 Å². The average Bonchev–Trinajstić information content (AvgIpc) is 2.82. The van der Waals surface area contributed by atoms with E-state index in [1.165, 1.54) is 12.3 Å². The van der Waals surface area contributed by atoms with Crippen molar-refractivity contribution < 1.29 is 37.0 Å². The van der Waals surface area contributed by atoms with Crippen molar-refractivity contribution in [3.05, 3.63) is 54.2 Å². The molecule has 3 rings (SSSR count). The molecule has 2 aromatic rings. The Bertz CT molecular complexity index is 1100. The van der Waals surface area contributed by atoms with Gasteiger partial charge in [0, 0.05) is 31.2 Å². The number of hydrogen-bond acceptors (Lipinski definition) is 6. The molecule has 1 aliphatic rings. The van der Waals surface area contributed by atoms with E-state index in [2.05, 4.69) is 15.0 Å². The standard InChI is InChI=1S/C27H34F3N3O5/c1-25(2,3)38-24(35)33-15-13-20(19(16-33)18-10-7-6-8-11-18)32-23(34)26(4,5)17-36-22-21(12-9-14-31-22)37-27(28,29)30/h6-12,14,19-20H,13,15-17H2,1-5H3,(H,32,34)/t19-,20-/m1/s1. The molecule has 0 aliphatic carbocycles. The smallest absolute Gasteiger partial charge is 0.474 e. The van der Waals surface area contributed by atoms with E-state index in [1.54, 1.807) is 39.5 Å². The summed E-state index contributed by atoms with van der Waals surface area (Å²) >= 11 is 0. The Morgan fingerprint density at radius 3 is 2.37 bits per heavy atom. The van der Waals surface area contributed by atoms with Gasteiger partial charge < -0.3 is 24.4 Å². The van der Waals surface area contributed by atoms with Gasteiger partial charge in [0.15, 0.2) is 5.75 Å². The molecule has 0 radical (unpaired) electrons. The number of piperidine rings is 1. The molecular formula is C27H34F3N3O5. The lowest BCUT2D eigenvalue weighted by Gasteiger charge is -2.40. The topological polar surface area (TPSA) is 90.0 Å². The number of halogens is 3. The second-order valence-electron chi connectivity index (χ2n) is 10.8. The van der Waals surface area contributed by atoms with E-state index in [-0.39, 0.29) is 30.4 Å². The molecule has 1 aromatic heterocycles. The van der Waals surface area contributed by atoms with E-state index in [4.69, 9.17) is 9.47 Å². The van der Waals surface area contributed by atoms with Gasteiger partial charge in [-0.15, -0.1) is 13.2 Å². The highest BCUT2D eigenvalue weighted by Gasteiger charge is 2.39. The lowest BCUT2D eigenvalue weighted by Crippen LogP contribution is -2.54. The number of amides is 2. The maximum absolute atomic E-state index is 13.3. The van der Waals surface area contributed by atoms with Crippen LogP contribution >= 0.6 is 0 Å². The number of rotatable bonds is 7. The zero-order valence-electron chi connectivity index (χ0n) is 22.2. The molecule has 0 spiro atoms. The van der Waals surface area contributed by atoms with Gasteiger partial charge in [-0.3, -0.25) is 4.79 Å². The molecule has 2 amide bonds. The highest BCUT2D eigenvalue weighted by Crippen LogP contribution is 2.32. The van der Waals surface area contributed by atoms with E-state index < -0.39 is 29.2 Å². The van der Waals surface area contributed by atoms with Crippen molar-refractivity contribution in [2.75, 3.05) is 19.7 Å². The van der Waals surface area contributed by atoms with Crippen LogP contribution in [0.15, 0.2) is 48.7 Å². The Kier molecular flexibility index (Phi) is 8.79. The quantitative estimate of drug-likeness (QED) is 0.516. The Morgan fingerprint density at radius 1 is 1.05 bits per heavy atom. The first-order chi connectivity index (χ1) is 17.6. The zero-order chi connectivity index (χ0) is 28.1. The average molecular weight is 538 g/mol. The molecule has 0 saturated carbocycles. The summed E-state index contributed by atoms with van der Waals surface area (Å²) in [5, 5.41) is 3.08. The number of carbonyl (C=O) groups excluding carboxylic acids is 2. The second kappa shape index (κ2) is 11.5. The Labute approximate surface area is 220 Å². The summed E-state index contributed by atoms with van der Waals surface area (Å²) in [6.07, 6.45) is -3.56. The Morgan fingerprint density at radius 2 is 1.74 bits per heavy atom. The van der Waals surface area contributed by atoms with E-state index in [0.717, 1.165) is 11.6 Å². The van der Waals surface area contributed by atoms with Crippen LogP contribution in [-0.2, 0) is 9.53 Å². The summed E-state index contributed by atoms with van der Waals surface area (Å²) in [4.78, 5) is 31.5. The zero-order valence-corrected chi connectivity index (χ0v) is 22.2. The number of alkyl halides is 3. The van der Waals surface area contributed by atoms with Gasteiger partial charge in [-0.1, -0.05) is 30.3 Å². The Hall–Kier alpha value is -3.50. The summed E-state index contributed by atoms with van der Waals surface area (Å²) in [5.41, 5.74) is -0.786. The first kappa shape index (κ1) is 29.1. The predicted molar refractivity (Wildman–Crippen MR) is 134 cm³/mol. The maximum Gasteiger partial charge on any atom is 0.573 e. The lowest BCUT2D eigenvalue weighted by molar-refractivity contribution is -0.275. The minimum Gasteiger partial charge on any atom is -0.474 e. The van der Waals surface area contributed by atoms with Crippen molar-refractivity contribution in [2.24, 2.45) is 5.41 Å². The van der Waals surface area contributed by atoms with Gasteiger partial charge in [-0.25, -0.2) is 9.78 Å². The first-order valence-corrected chi connectivity index (χ1v) is 12.3. The highest BCUT2D eigenvalue weighted by atomic mass is 19.4. The molecule has 38 heavy (non-hydrogen) atoms. The van der Waals surface area contributed by atoms with Gasteiger partial charge in [-0.05, 0) is 58.7 Å². The normalized spacial score (nSPS) is 18.5. The molecular weight excluding hydrogens is 503 g/mol. The van der Waals surface area contributed by atoms with Crippen LogP contribution in [0, 0.1) is 5.41 Å². The van der Waals surface area contributed by atoms with E-state index in [9.17, 15) is 22.8 Å². The summed E-state index contributed by atoms with van der Waals surface area (Å²) in [7, 11) is 0. The van der Waals surface area contributed by atoms with Gasteiger partial charge in [-0.2, -0.15) is 0 Å². The number of ether oxygens (including phenoxy) is 3. The number of hydrogen-bond donors (Lipinski definition) is 1. The third-order valence-corrected chi connectivity index (χ3v) is 5.96. The molecule has 1 aromatic carbocycles. The summed E-state index contributed by atoms with van der Waals surface area (Å²) in [6, 6.07) is 11.7. The predicted octanol–water partition coefficient (Wildman–Crippen LogP) is 5.29. The molecule has 0 unspecified atom stereocenters. The van der Waals surface area contributed by atoms with Crippen molar-refractivity contribution in [1.82, 2.24) is 15.2 Å². The largest absolute Gasteiger partial charge is 0.573 e. The molecule has 11 heteroatoms. The molecule has 8 nitrogen and oxygen atoms in total. The number of aromatic nitrogens is 1. The van der Waals surface area contributed by atoms with Crippen molar-refractivity contribution in [3.8, 4) is 11.6 Å². The minimum absolute atomic E-state index is 0.194. The number of nitrogens with zero attached hydrogens (tertiary/aromatic N) is 2. The third kappa shape index (κ3) is 8.26. The van der Waals surface area contributed by atoms with E-state index in [1.807, 2.05) is 30.3 Å². The molecule has 1 saturated heterocycles. The van der Waals surface area contributed by atoms with Gasteiger partial charge in [0.05, 0.1) is 5.41 Å². The molecule has 2 atom stereocenters. The van der Waals surface area contributed by atoms with Crippen molar-refractivity contribution in [3.63, 3.8) is 0 Å². The molecule has 1 N–H and O–H groups in total. The fourth-order valence-corrected chi connectivity index (χ4v) is 4.02. The first-order valence-electron chi connectivity index (χ1n) is 12.3. The van der Waals surface area contributed by atoms with E-state index in [0.29, 0.717) is 19.5 Å². The summed E-state index contributed by atoms with van der Waals surface area (Å²) in [6.45, 7) is 9.18. The van der Waals surface area contributed by atoms with Crippen molar-refractivity contribution in [2.45, 2.75) is 65.0 Å². The summed E-state index contributed by atoms with van der Waals surface area (Å²) in [5.74, 6) is -1.49. The minimum atomic E-state index is -4.91. The van der Waals surface area contributed by atoms with Crippen LogP contribution in [0.5, 0.6) is 11.6 Å². The van der Waals surface area contributed by atoms with Gasteiger partial charge in [0.1, 0.15) is 12.2 Å². The van der Waals surface area contributed by atoms with Crippen LogP contribution in [0.1, 0.15) is 52.5 Å². The van der Waals surface area contributed by atoms with Crippen LogP contribution in [0.3, 0.4) is 0 Å². The molecule has 0 bridgehead atoms. The molecule has 1 aliphatic heterocycles. The summed E-state index contributed by atoms with van der Waals surface area (Å²) < 4.78 is 53.2. The van der Waals surface area contributed by atoms with Gasteiger partial charge in [0.25, 0.3) is 5.88 Å². The number of likely N-dealkylation sites (tertiary alicyclic amines) is 1. The van der Waals surface area contributed by atoms with E-state index >= 15 is 0 Å². The lowest BCUT2D eigenvalue weighted by atomic mass is 9.84. The highest BCUT2D eigenvalue weighted by molar-refractivity contribution is 5.82. The SMILES string of the molecule is CC(C)(C)OC(=O)N1CC[C@@H](NC(=O)C(C)(C)COc2ncccc2OC(F)(F)F)[C@@H](c2ccccc2)C1. The number of carbonyl (C=O) groups is 2. The van der Waals surface area contributed by atoms with Crippen LogP contribution in [0.25, 0.3) is 0 Å².